The van der Waals surface area contributed by atoms with E-state index in [0.29, 0.717) is 23.6 Å². The number of para-hydroxylation sites is 1. The van der Waals surface area contributed by atoms with Gasteiger partial charge in [0.25, 0.3) is 5.91 Å². The second-order valence-electron chi connectivity index (χ2n) is 6.08. The van der Waals surface area contributed by atoms with Crippen molar-refractivity contribution in [2.75, 3.05) is 20.8 Å². The molecule has 1 aromatic heterocycles. The predicted molar refractivity (Wildman–Crippen MR) is 103 cm³/mol. The van der Waals surface area contributed by atoms with E-state index in [9.17, 15) is 4.79 Å². The quantitative estimate of drug-likeness (QED) is 0.681. The van der Waals surface area contributed by atoms with Crippen LogP contribution < -0.4 is 14.8 Å². The zero-order valence-electron chi connectivity index (χ0n) is 15.4. The summed E-state index contributed by atoms with van der Waals surface area (Å²) in [4.78, 5) is 15.8. The van der Waals surface area contributed by atoms with Crippen LogP contribution in [-0.4, -0.2) is 31.7 Å². The highest BCUT2D eigenvalue weighted by molar-refractivity contribution is 5.95. The second kappa shape index (κ2) is 7.95. The van der Waals surface area contributed by atoms with Gasteiger partial charge in [-0.15, -0.1) is 0 Å². The molecule has 1 amide bonds. The molecular formula is C21H24N2O3. The Hall–Kier alpha value is -2.95. The highest BCUT2D eigenvalue weighted by Gasteiger charge is 2.11. The lowest BCUT2D eigenvalue weighted by molar-refractivity contribution is 0.0953. The van der Waals surface area contributed by atoms with Crippen molar-refractivity contribution in [1.82, 2.24) is 10.3 Å². The van der Waals surface area contributed by atoms with E-state index < -0.39 is 0 Å². The molecule has 0 fully saturated rings. The number of methoxy groups -OCH3 is 2. The molecule has 0 saturated heterocycles. The number of nitrogens with one attached hydrogen (secondary N) is 2. The first-order valence-electron chi connectivity index (χ1n) is 8.76. The van der Waals surface area contributed by atoms with E-state index in [1.54, 1.807) is 32.4 Å². The molecule has 0 saturated carbocycles. The average molecular weight is 352 g/mol. The largest absolute Gasteiger partial charge is 0.493 e. The molecule has 136 valence electrons. The lowest BCUT2D eigenvalue weighted by atomic mass is 10.1. The van der Waals surface area contributed by atoms with E-state index in [4.69, 9.17) is 9.47 Å². The van der Waals surface area contributed by atoms with Crippen LogP contribution in [0, 0.1) is 0 Å². The van der Waals surface area contributed by atoms with Crippen molar-refractivity contribution < 1.29 is 14.3 Å². The number of fused-ring (bicyclic) bond motifs is 1. The van der Waals surface area contributed by atoms with Crippen LogP contribution in [0.2, 0.25) is 0 Å². The van der Waals surface area contributed by atoms with Gasteiger partial charge < -0.3 is 19.8 Å². The molecule has 3 aromatic rings. The molecular weight excluding hydrogens is 328 g/mol. The first-order valence-corrected chi connectivity index (χ1v) is 8.76. The number of carbonyl (C=O) groups is 1. The van der Waals surface area contributed by atoms with Gasteiger partial charge in [0.15, 0.2) is 11.5 Å². The van der Waals surface area contributed by atoms with E-state index in [1.807, 2.05) is 6.20 Å². The van der Waals surface area contributed by atoms with Crippen LogP contribution in [0.5, 0.6) is 11.5 Å². The minimum atomic E-state index is -0.125. The van der Waals surface area contributed by atoms with E-state index in [2.05, 4.69) is 35.4 Å². The van der Waals surface area contributed by atoms with Gasteiger partial charge in [0.05, 0.1) is 14.2 Å². The SMILES string of the molecule is CCc1cccc2c(CCNC(=O)c3ccc(OC)c(OC)c3)c[nH]c12. The number of aromatic amines is 1. The first kappa shape index (κ1) is 17.9. The Balaban J connectivity index is 1.66. The number of carbonyl (C=O) groups excluding carboxylic acids is 1. The van der Waals surface area contributed by atoms with E-state index in [0.717, 1.165) is 12.8 Å². The standard InChI is InChI=1S/C21H24N2O3/c1-4-14-6-5-7-17-16(13-23-20(14)17)10-11-22-21(24)15-8-9-18(25-2)19(12-15)26-3/h5-9,12-13,23H,4,10-11H2,1-3H3,(H,22,24). The predicted octanol–water partition coefficient (Wildman–Crippen LogP) is 3.72. The fourth-order valence-electron chi connectivity index (χ4n) is 3.17. The van der Waals surface area contributed by atoms with E-state index in [1.165, 1.54) is 22.0 Å². The van der Waals surface area contributed by atoms with Crippen molar-refractivity contribution in [1.29, 1.82) is 0 Å². The number of aromatic nitrogens is 1. The summed E-state index contributed by atoms with van der Waals surface area (Å²) in [7, 11) is 3.13. The highest BCUT2D eigenvalue weighted by Crippen LogP contribution is 2.27. The summed E-state index contributed by atoms with van der Waals surface area (Å²) in [5.74, 6) is 1.03. The molecule has 0 aliphatic carbocycles. The van der Waals surface area contributed by atoms with Gasteiger partial charge in [0.2, 0.25) is 0 Å². The Morgan fingerprint density at radius 3 is 2.62 bits per heavy atom. The molecule has 0 spiro atoms. The number of aryl methyl sites for hydroxylation is 1. The van der Waals surface area contributed by atoms with Crippen LogP contribution in [0.3, 0.4) is 0 Å². The summed E-state index contributed by atoms with van der Waals surface area (Å²) in [6.45, 7) is 2.72. The maximum Gasteiger partial charge on any atom is 0.251 e. The Labute approximate surface area is 153 Å². The van der Waals surface area contributed by atoms with E-state index >= 15 is 0 Å². The summed E-state index contributed by atoms with van der Waals surface area (Å²) in [5.41, 5.74) is 4.26. The zero-order valence-corrected chi connectivity index (χ0v) is 15.4. The molecule has 2 N–H and O–H groups in total. The highest BCUT2D eigenvalue weighted by atomic mass is 16.5. The van der Waals surface area contributed by atoms with Crippen molar-refractivity contribution in [2.45, 2.75) is 19.8 Å². The Morgan fingerprint density at radius 1 is 1.08 bits per heavy atom. The minimum Gasteiger partial charge on any atom is -0.493 e. The Bertz CT molecular complexity index is 915. The minimum absolute atomic E-state index is 0.125. The van der Waals surface area contributed by atoms with Crippen molar-refractivity contribution in [3.8, 4) is 11.5 Å². The van der Waals surface area contributed by atoms with Gasteiger partial charge in [-0.1, -0.05) is 25.1 Å². The van der Waals surface area contributed by atoms with Gasteiger partial charge in [-0.3, -0.25) is 4.79 Å². The lowest BCUT2D eigenvalue weighted by Crippen LogP contribution is -2.25. The molecule has 2 aromatic carbocycles. The molecule has 0 bridgehead atoms. The van der Waals surface area contributed by atoms with Crippen molar-refractivity contribution in [3.05, 3.63) is 59.3 Å². The van der Waals surface area contributed by atoms with Crippen LogP contribution >= 0.6 is 0 Å². The smallest absolute Gasteiger partial charge is 0.251 e. The summed E-state index contributed by atoms with van der Waals surface area (Å²) >= 11 is 0. The number of hydrogen-bond acceptors (Lipinski definition) is 3. The van der Waals surface area contributed by atoms with Gasteiger partial charge in [0.1, 0.15) is 0 Å². The third kappa shape index (κ3) is 3.52. The molecule has 0 aliphatic heterocycles. The molecule has 5 heteroatoms. The zero-order chi connectivity index (χ0) is 18.5. The molecule has 1 heterocycles. The van der Waals surface area contributed by atoms with Gasteiger partial charge in [-0.25, -0.2) is 0 Å². The van der Waals surface area contributed by atoms with E-state index in [-0.39, 0.29) is 5.91 Å². The number of H-pyrrole nitrogens is 1. The fourth-order valence-corrected chi connectivity index (χ4v) is 3.17. The third-order valence-corrected chi connectivity index (χ3v) is 4.59. The summed E-state index contributed by atoms with van der Waals surface area (Å²) < 4.78 is 10.5. The van der Waals surface area contributed by atoms with Crippen LogP contribution in [-0.2, 0) is 12.8 Å². The molecule has 5 nitrogen and oxygen atoms in total. The monoisotopic (exact) mass is 352 g/mol. The van der Waals surface area contributed by atoms with Crippen molar-refractivity contribution in [2.24, 2.45) is 0 Å². The van der Waals surface area contributed by atoms with Gasteiger partial charge in [-0.2, -0.15) is 0 Å². The number of hydrogen-bond donors (Lipinski definition) is 2. The maximum atomic E-state index is 12.4. The number of amides is 1. The van der Waals surface area contributed by atoms with Crippen LogP contribution in [0.4, 0.5) is 0 Å². The van der Waals surface area contributed by atoms with Gasteiger partial charge >= 0.3 is 0 Å². The average Bonchev–Trinajstić information content (AvgIpc) is 3.10. The topological polar surface area (TPSA) is 63.4 Å². The molecule has 0 unspecified atom stereocenters. The fraction of sp³-hybridized carbons (Fsp3) is 0.286. The van der Waals surface area contributed by atoms with Crippen molar-refractivity contribution in [3.63, 3.8) is 0 Å². The van der Waals surface area contributed by atoms with Crippen LogP contribution in [0.25, 0.3) is 10.9 Å². The number of rotatable bonds is 7. The molecule has 0 radical (unpaired) electrons. The maximum absolute atomic E-state index is 12.4. The number of ether oxygens (including phenoxy) is 2. The molecule has 3 rings (SSSR count). The van der Waals surface area contributed by atoms with Crippen LogP contribution in [0.15, 0.2) is 42.6 Å². The summed E-state index contributed by atoms with van der Waals surface area (Å²) in [5, 5.41) is 4.20. The summed E-state index contributed by atoms with van der Waals surface area (Å²) in [6, 6.07) is 11.5. The first-order chi connectivity index (χ1) is 12.7. The molecule has 0 aliphatic rings. The molecule has 0 atom stereocenters. The van der Waals surface area contributed by atoms with Crippen LogP contribution in [0.1, 0.15) is 28.4 Å². The Morgan fingerprint density at radius 2 is 1.88 bits per heavy atom. The summed E-state index contributed by atoms with van der Waals surface area (Å²) in [6.07, 6.45) is 3.80. The Kier molecular flexibility index (Phi) is 5.46. The van der Waals surface area contributed by atoms with Crippen molar-refractivity contribution >= 4 is 16.8 Å². The van der Waals surface area contributed by atoms with Gasteiger partial charge in [0, 0.05) is 29.2 Å². The molecule has 26 heavy (non-hydrogen) atoms. The lowest BCUT2D eigenvalue weighted by Gasteiger charge is -2.10. The number of benzene rings is 2. The third-order valence-electron chi connectivity index (χ3n) is 4.59. The normalized spacial score (nSPS) is 10.7. The van der Waals surface area contributed by atoms with Gasteiger partial charge in [-0.05, 0) is 42.2 Å². The second-order valence-corrected chi connectivity index (χ2v) is 6.08.